The van der Waals surface area contributed by atoms with Crippen LogP contribution >= 0.6 is 0 Å². The van der Waals surface area contributed by atoms with Crippen molar-refractivity contribution >= 4 is 0 Å². The fraction of sp³-hybridized carbons (Fsp3) is 0.688. The van der Waals surface area contributed by atoms with Gasteiger partial charge in [0.05, 0.1) is 0 Å². The maximum atomic E-state index is 4.22. The van der Waals surface area contributed by atoms with Crippen molar-refractivity contribution in [3.63, 3.8) is 0 Å². The van der Waals surface area contributed by atoms with E-state index < -0.39 is 0 Å². The molecule has 2 heteroatoms. The fourth-order valence-electron chi connectivity index (χ4n) is 3.23. The maximum Gasteiger partial charge on any atom is 0.0352 e. The van der Waals surface area contributed by atoms with Crippen molar-refractivity contribution in [1.82, 2.24) is 10.3 Å². The van der Waals surface area contributed by atoms with Gasteiger partial charge in [-0.1, -0.05) is 32.6 Å². The van der Waals surface area contributed by atoms with E-state index >= 15 is 0 Å². The molecule has 1 N–H and O–H groups in total. The third-order valence-electron chi connectivity index (χ3n) is 4.19. The maximum absolute atomic E-state index is 4.22. The first kappa shape index (κ1) is 13.5. The quantitative estimate of drug-likeness (QED) is 0.812. The Morgan fingerprint density at radius 3 is 2.61 bits per heavy atom. The number of hydrogen-bond donors (Lipinski definition) is 1. The van der Waals surface area contributed by atoms with E-state index in [4.69, 9.17) is 0 Å². The lowest BCUT2D eigenvalue weighted by Crippen LogP contribution is -2.28. The summed E-state index contributed by atoms with van der Waals surface area (Å²) >= 11 is 0. The van der Waals surface area contributed by atoms with Crippen LogP contribution in [0.4, 0.5) is 0 Å². The lowest BCUT2D eigenvalue weighted by atomic mass is 9.86. The monoisotopic (exact) mass is 246 g/mol. The van der Waals surface area contributed by atoms with E-state index in [0.717, 1.165) is 12.5 Å². The molecule has 0 spiro atoms. The summed E-state index contributed by atoms with van der Waals surface area (Å²) in [7, 11) is 0. The predicted molar refractivity (Wildman–Crippen MR) is 76.6 cm³/mol. The number of pyridine rings is 1. The summed E-state index contributed by atoms with van der Waals surface area (Å²) in [4.78, 5) is 4.22. The van der Waals surface area contributed by atoms with E-state index in [2.05, 4.69) is 30.2 Å². The highest BCUT2D eigenvalue weighted by atomic mass is 14.9. The molecule has 1 aliphatic carbocycles. The van der Waals surface area contributed by atoms with Gasteiger partial charge in [0.2, 0.25) is 0 Å². The van der Waals surface area contributed by atoms with Crippen molar-refractivity contribution in [3.8, 4) is 0 Å². The molecular formula is C16H26N2. The van der Waals surface area contributed by atoms with E-state index in [1.165, 1.54) is 49.7 Å². The zero-order valence-corrected chi connectivity index (χ0v) is 11.8. The van der Waals surface area contributed by atoms with E-state index in [9.17, 15) is 0 Å². The minimum absolute atomic E-state index is 0.524. The third-order valence-corrected chi connectivity index (χ3v) is 4.19. The Balaban J connectivity index is 2.18. The lowest BCUT2D eigenvalue weighted by Gasteiger charge is -2.28. The minimum Gasteiger partial charge on any atom is -0.310 e. The summed E-state index contributed by atoms with van der Waals surface area (Å²) in [6, 6.07) is 2.73. The van der Waals surface area contributed by atoms with Gasteiger partial charge in [-0.05, 0) is 49.4 Å². The van der Waals surface area contributed by atoms with Crippen molar-refractivity contribution in [2.45, 2.75) is 58.4 Å². The largest absolute Gasteiger partial charge is 0.310 e. The van der Waals surface area contributed by atoms with Crippen LogP contribution in [0.15, 0.2) is 18.5 Å². The average Bonchev–Trinajstić information content (AvgIpc) is 2.66. The Labute approximate surface area is 111 Å². The van der Waals surface area contributed by atoms with Gasteiger partial charge in [0.25, 0.3) is 0 Å². The second-order valence-corrected chi connectivity index (χ2v) is 5.52. The molecule has 100 valence electrons. The second kappa shape index (κ2) is 6.89. The van der Waals surface area contributed by atoms with E-state index in [1.54, 1.807) is 0 Å². The van der Waals surface area contributed by atoms with Gasteiger partial charge in [-0.15, -0.1) is 0 Å². The number of nitrogens with zero attached hydrogens (tertiary/aromatic N) is 1. The second-order valence-electron chi connectivity index (χ2n) is 5.52. The molecule has 18 heavy (non-hydrogen) atoms. The van der Waals surface area contributed by atoms with Crippen molar-refractivity contribution in [1.29, 1.82) is 0 Å². The number of hydrogen-bond acceptors (Lipinski definition) is 2. The van der Waals surface area contributed by atoms with Crippen LogP contribution in [0.1, 0.15) is 62.6 Å². The highest BCUT2D eigenvalue weighted by molar-refractivity contribution is 5.26. The zero-order chi connectivity index (χ0) is 12.8. The van der Waals surface area contributed by atoms with E-state index in [0.29, 0.717) is 6.04 Å². The van der Waals surface area contributed by atoms with E-state index in [-0.39, 0.29) is 0 Å². The van der Waals surface area contributed by atoms with Crippen LogP contribution in [0.3, 0.4) is 0 Å². The van der Waals surface area contributed by atoms with Crippen molar-refractivity contribution < 1.29 is 0 Å². The third kappa shape index (κ3) is 3.32. The summed E-state index contributed by atoms with van der Waals surface area (Å²) < 4.78 is 0. The molecule has 1 saturated carbocycles. The van der Waals surface area contributed by atoms with Gasteiger partial charge in [0, 0.05) is 18.4 Å². The summed E-state index contributed by atoms with van der Waals surface area (Å²) in [5.74, 6) is 0.800. The summed E-state index contributed by atoms with van der Waals surface area (Å²) in [5, 5.41) is 3.71. The SMILES string of the molecule is CCNC(c1ccncc1C)C1CCCCCC1. The number of nitrogens with one attached hydrogen (secondary N) is 1. The summed E-state index contributed by atoms with van der Waals surface area (Å²) in [6.07, 6.45) is 12.3. The molecule has 0 radical (unpaired) electrons. The van der Waals surface area contributed by atoms with Crippen molar-refractivity contribution in [2.24, 2.45) is 5.92 Å². The van der Waals surface area contributed by atoms with Crippen molar-refractivity contribution in [2.75, 3.05) is 6.54 Å². The Bertz CT molecular complexity index is 354. The van der Waals surface area contributed by atoms with Crippen LogP contribution in [0.25, 0.3) is 0 Å². The summed E-state index contributed by atoms with van der Waals surface area (Å²) in [6.45, 7) is 5.44. The smallest absolute Gasteiger partial charge is 0.0352 e. The molecule has 1 atom stereocenters. The molecule has 1 aromatic heterocycles. The first-order chi connectivity index (χ1) is 8.83. The molecule has 2 rings (SSSR count). The lowest BCUT2D eigenvalue weighted by molar-refractivity contribution is 0.329. The molecule has 1 aromatic rings. The zero-order valence-electron chi connectivity index (χ0n) is 11.8. The van der Waals surface area contributed by atoms with Gasteiger partial charge < -0.3 is 5.32 Å². The van der Waals surface area contributed by atoms with Gasteiger partial charge in [0.1, 0.15) is 0 Å². The van der Waals surface area contributed by atoms with Crippen LogP contribution in [-0.2, 0) is 0 Å². The van der Waals surface area contributed by atoms with Crippen molar-refractivity contribution in [3.05, 3.63) is 29.6 Å². The van der Waals surface area contributed by atoms with Gasteiger partial charge in [-0.25, -0.2) is 0 Å². The Morgan fingerprint density at radius 2 is 2.00 bits per heavy atom. The van der Waals surface area contributed by atoms with Crippen LogP contribution in [0.2, 0.25) is 0 Å². The minimum atomic E-state index is 0.524. The predicted octanol–water partition coefficient (Wildman–Crippen LogP) is 4.01. The van der Waals surface area contributed by atoms with Crippen LogP contribution in [0, 0.1) is 12.8 Å². The van der Waals surface area contributed by atoms with Gasteiger partial charge in [-0.3, -0.25) is 4.98 Å². The highest BCUT2D eigenvalue weighted by Crippen LogP contribution is 2.34. The molecule has 0 amide bonds. The highest BCUT2D eigenvalue weighted by Gasteiger charge is 2.24. The molecule has 0 aliphatic heterocycles. The molecule has 1 fully saturated rings. The number of aromatic nitrogens is 1. The van der Waals surface area contributed by atoms with E-state index in [1.807, 2.05) is 12.4 Å². The van der Waals surface area contributed by atoms with Crippen LogP contribution < -0.4 is 5.32 Å². The first-order valence-electron chi connectivity index (χ1n) is 7.46. The Morgan fingerprint density at radius 1 is 1.28 bits per heavy atom. The molecule has 2 nitrogen and oxygen atoms in total. The van der Waals surface area contributed by atoms with Gasteiger partial charge >= 0.3 is 0 Å². The molecule has 0 aromatic carbocycles. The molecule has 1 unspecified atom stereocenters. The summed E-state index contributed by atoms with van der Waals surface area (Å²) in [5.41, 5.74) is 2.78. The normalized spacial score (nSPS) is 19.4. The number of rotatable bonds is 4. The fourth-order valence-corrected chi connectivity index (χ4v) is 3.23. The van der Waals surface area contributed by atoms with Gasteiger partial charge in [-0.2, -0.15) is 0 Å². The molecule has 1 heterocycles. The first-order valence-corrected chi connectivity index (χ1v) is 7.46. The van der Waals surface area contributed by atoms with Crippen LogP contribution in [-0.4, -0.2) is 11.5 Å². The van der Waals surface area contributed by atoms with Crippen LogP contribution in [0.5, 0.6) is 0 Å². The Hall–Kier alpha value is -0.890. The standard InChI is InChI=1S/C16H26N2/c1-3-18-16(14-8-6-4-5-7-9-14)15-10-11-17-12-13(15)2/h10-12,14,16,18H,3-9H2,1-2H3. The topological polar surface area (TPSA) is 24.9 Å². The number of aryl methyl sites for hydroxylation is 1. The molecule has 1 aliphatic rings. The van der Waals surface area contributed by atoms with Gasteiger partial charge in [0.15, 0.2) is 0 Å². The molecular weight excluding hydrogens is 220 g/mol. The molecule has 0 bridgehead atoms. The average molecular weight is 246 g/mol. The molecule has 0 saturated heterocycles. The Kier molecular flexibility index (Phi) is 5.18.